The van der Waals surface area contributed by atoms with Crippen molar-refractivity contribution in [2.75, 3.05) is 11.9 Å². The molecular formula is C19H22ClN3O3. The van der Waals surface area contributed by atoms with Gasteiger partial charge in [-0.3, -0.25) is 0 Å². The van der Waals surface area contributed by atoms with E-state index in [2.05, 4.69) is 15.5 Å². The summed E-state index contributed by atoms with van der Waals surface area (Å²) in [5.41, 5.74) is 2.46. The van der Waals surface area contributed by atoms with Crippen molar-refractivity contribution in [2.45, 2.75) is 50.9 Å². The average molecular weight is 376 g/mol. The molecule has 0 saturated carbocycles. The van der Waals surface area contributed by atoms with Crippen LogP contribution >= 0.6 is 11.6 Å². The third-order valence-electron chi connectivity index (χ3n) is 4.88. The Morgan fingerprint density at radius 1 is 1.31 bits per heavy atom. The van der Waals surface area contributed by atoms with E-state index in [0.29, 0.717) is 28.6 Å². The van der Waals surface area contributed by atoms with Crippen LogP contribution in [0, 0.1) is 0 Å². The molecule has 2 atom stereocenters. The lowest BCUT2D eigenvalue weighted by molar-refractivity contribution is 0.0324. The van der Waals surface area contributed by atoms with Gasteiger partial charge in [0.1, 0.15) is 11.4 Å². The Balaban J connectivity index is 1.81. The molecule has 2 aromatic rings. The van der Waals surface area contributed by atoms with Crippen LogP contribution < -0.4 is 5.32 Å². The number of fused-ring (bicyclic) bond motifs is 4. The van der Waals surface area contributed by atoms with E-state index in [1.807, 2.05) is 0 Å². The standard InChI is InChI=1S/C19H22ClN3O3/c1-19(2,25)9-21-18-16-13(8-11-4-6-15(16)26-11)17(22-23-18)12-5-3-10(20)7-14(12)24/h3,5,7,11,15,24-25H,4,6,8-9H2,1-2H3,(H,21,23)/t11-,15+/m1/s1. The molecule has 1 aromatic carbocycles. The molecule has 2 aliphatic rings. The Morgan fingerprint density at radius 3 is 2.85 bits per heavy atom. The second-order valence-electron chi connectivity index (χ2n) is 7.65. The van der Waals surface area contributed by atoms with Gasteiger partial charge in [-0.2, -0.15) is 0 Å². The number of nitrogens with one attached hydrogen (secondary N) is 1. The highest BCUT2D eigenvalue weighted by Crippen LogP contribution is 2.47. The number of aromatic hydroxyl groups is 1. The van der Waals surface area contributed by atoms with Crippen molar-refractivity contribution in [3.05, 3.63) is 34.3 Å². The number of benzene rings is 1. The smallest absolute Gasteiger partial charge is 0.154 e. The van der Waals surface area contributed by atoms with Crippen LogP contribution in [0.2, 0.25) is 5.02 Å². The molecule has 3 heterocycles. The zero-order valence-corrected chi connectivity index (χ0v) is 15.5. The zero-order valence-electron chi connectivity index (χ0n) is 14.8. The second kappa shape index (κ2) is 6.37. The predicted molar refractivity (Wildman–Crippen MR) is 99.5 cm³/mol. The first-order valence-electron chi connectivity index (χ1n) is 8.82. The van der Waals surface area contributed by atoms with Gasteiger partial charge in [-0.25, -0.2) is 0 Å². The SMILES string of the molecule is CC(C)(O)CNc1nnc(-c2ccc(Cl)cc2O)c2c1[C@@H]1CC[C@H](C2)O1. The van der Waals surface area contributed by atoms with E-state index in [0.717, 1.165) is 30.4 Å². The summed E-state index contributed by atoms with van der Waals surface area (Å²) in [4.78, 5) is 0. The van der Waals surface area contributed by atoms with Gasteiger partial charge in [-0.05, 0) is 50.5 Å². The van der Waals surface area contributed by atoms with E-state index < -0.39 is 5.60 Å². The number of aromatic nitrogens is 2. The van der Waals surface area contributed by atoms with Gasteiger partial charge in [0.2, 0.25) is 0 Å². The Bertz CT molecular complexity index is 851. The lowest BCUT2D eigenvalue weighted by atomic mass is 9.94. The molecule has 1 saturated heterocycles. The molecule has 2 bridgehead atoms. The predicted octanol–water partition coefficient (Wildman–Crippen LogP) is 3.46. The molecule has 26 heavy (non-hydrogen) atoms. The summed E-state index contributed by atoms with van der Waals surface area (Å²) in [6.07, 6.45) is 2.81. The van der Waals surface area contributed by atoms with Crippen molar-refractivity contribution in [3.8, 4) is 17.0 Å². The molecule has 2 aliphatic heterocycles. The summed E-state index contributed by atoms with van der Waals surface area (Å²) in [5, 5.41) is 32.8. The summed E-state index contributed by atoms with van der Waals surface area (Å²) in [7, 11) is 0. The van der Waals surface area contributed by atoms with Gasteiger partial charge >= 0.3 is 0 Å². The number of halogens is 1. The van der Waals surface area contributed by atoms with Crippen LogP contribution in [0.25, 0.3) is 11.3 Å². The number of hydrogen-bond donors (Lipinski definition) is 3. The zero-order chi connectivity index (χ0) is 18.5. The van der Waals surface area contributed by atoms with Gasteiger partial charge in [0.05, 0.1) is 17.8 Å². The van der Waals surface area contributed by atoms with Crippen LogP contribution in [-0.2, 0) is 11.2 Å². The van der Waals surface area contributed by atoms with E-state index in [1.165, 1.54) is 6.07 Å². The van der Waals surface area contributed by atoms with Gasteiger partial charge in [0, 0.05) is 29.1 Å². The van der Waals surface area contributed by atoms with Gasteiger partial charge in [0.25, 0.3) is 0 Å². The summed E-state index contributed by atoms with van der Waals surface area (Å²) < 4.78 is 6.08. The van der Waals surface area contributed by atoms with Crippen LogP contribution in [-0.4, -0.2) is 38.7 Å². The molecule has 0 radical (unpaired) electrons. The van der Waals surface area contributed by atoms with Gasteiger partial charge < -0.3 is 20.3 Å². The van der Waals surface area contributed by atoms with Crippen LogP contribution in [0.4, 0.5) is 5.82 Å². The molecule has 0 aliphatic carbocycles. The van der Waals surface area contributed by atoms with Crippen molar-refractivity contribution in [2.24, 2.45) is 0 Å². The fourth-order valence-electron chi connectivity index (χ4n) is 3.69. The van der Waals surface area contributed by atoms with Crippen molar-refractivity contribution in [3.63, 3.8) is 0 Å². The third kappa shape index (κ3) is 3.24. The maximum atomic E-state index is 10.3. The lowest BCUT2D eigenvalue weighted by Crippen LogP contribution is -2.31. The number of ether oxygens (including phenoxy) is 1. The van der Waals surface area contributed by atoms with Gasteiger partial charge in [-0.1, -0.05) is 11.6 Å². The number of nitrogens with zero attached hydrogens (tertiary/aromatic N) is 2. The van der Waals surface area contributed by atoms with Crippen molar-refractivity contribution < 1.29 is 14.9 Å². The number of hydrogen-bond acceptors (Lipinski definition) is 6. The van der Waals surface area contributed by atoms with Crippen molar-refractivity contribution in [1.82, 2.24) is 10.2 Å². The summed E-state index contributed by atoms with van der Waals surface area (Å²) in [5.74, 6) is 0.731. The highest BCUT2D eigenvalue weighted by molar-refractivity contribution is 6.30. The Kier molecular flexibility index (Phi) is 4.29. The normalized spacial score (nSPS) is 21.5. The first-order valence-corrected chi connectivity index (χ1v) is 9.19. The molecule has 0 spiro atoms. The molecule has 1 aromatic heterocycles. The van der Waals surface area contributed by atoms with Gasteiger partial charge in [0.15, 0.2) is 5.82 Å². The minimum atomic E-state index is -0.866. The summed E-state index contributed by atoms with van der Waals surface area (Å²) >= 11 is 5.96. The number of anilines is 1. The molecule has 0 unspecified atom stereocenters. The van der Waals surface area contributed by atoms with E-state index in [4.69, 9.17) is 16.3 Å². The quantitative estimate of drug-likeness (QED) is 0.758. The number of phenols is 1. The van der Waals surface area contributed by atoms with Crippen molar-refractivity contribution in [1.29, 1.82) is 0 Å². The highest BCUT2D eigenvalue weighted by Gasteiger charge is 2.38. The Labute approximate surface area is 157 Å². The topological polar surface area (TPSA) is 87.5 Å². The Hall–Kier alpha value is -1.89. The second-order valence-corrected chi connectivity index (χ2v) is 8.08. The molecule has 7 heteroatoms. The molecule has 4 rings (SSSR count). The number of aliphatic hydroxyl groups is 1. The Morgan fingerprint density at radius 2 is 2.12 bits per heavy atom. The van der Waals surface area contributed by atoms with Crippen LogP contribution in [0.3, 0.4) is 0 Å². The monoisotopic (exact) mass is 375 g/mol. The van der Waals surface area contributed by atoms with Crippen LogP contribution in [0.5, 0.6) is 5.75 Å². The summed E-state index contributed by atoms with van der Waals surface area (Å²) in [6, 6.07) is 5.02. The van der Waals surface area contributed by atoms with E-state index in [1.54, 1.807) is 26.0 Å². The minimum Gasteiger partial charge on any atom is -0.507 e. The average Bonchev–Trinajstić information content (AvgIpc) is 2.94. The molecule has 3 N–H and O–H groups in total. The van der Waals surface area contributed by atoms with Crippen LogP contribution in [0.15, 0.2) is 18.2 Å². The van der Waals surface area contributed by atoms with Gasteiger partial charge in [-0.15, -0.1) is 10.2 Å². The summed E-state index contributed by atoms with van der Waals surface area (Å²) in [6.45, 7) is 3.83. The number of rotatable bonds is 4. The number of phenolic OH excluding ortho intramolecular Hbond substituents is 1. The highest BCUT2D eigenvalue weighted by atomic mass is 35.5. The first-order chi connectivity index (χ1) is 12.3. The minimum absolute atomic E-state index is 0.0308. The maximum Gasteiger partial charge on any atom is 0.154 e. The lowest BCUT2D eigenvalue weighted by Gasteiger charge is -2.28. The van der Waals surface area contributed by atoms with E-state index >= 15 is 0 Å². The van der Waals surface area contributed by atoms with E-state index in [9.17, 15) is 10.2 Å². The fourth-order valence-corrected chi connectivity index (χ4v) is 3.85. The van der Waals surface area contributed by atoms with Crippen molar-refractivity contribution >= 4 is 17.4 Å². The third-order valence-corrected chi connectivity index (χ3v) is 5.12. The molecule has 0 amide bonds. The molecular weight excluding hydrogens is 354 g/mol. The molecule has 138 valence electrons. The fraction of sp³-hybridized carbons (Fsp3) is 0.474. The maximum absolute atomic E-state index is 10.3. The largest absolute Gasteiger partial charge is 0.507 e. The molecule has 6 nitrogen and oxygen atoms in total. The first kappa shape index (κ1) is 17.5. The van der Waals surface area contributed by atoms with Crippen LogP contribution in [0.1, 0.15) is 43.9 Å². The van der Waals surface area contributed by atoms with E-state index in [-0.39, 0.29) is 18.0 Å². The molecule has 1 fully saturated rings.